The van der Waals surface area contributed by atoms with E-state index in [1.807, 2.05) is 32.3 Å². The number of nitrogens with zero attached hydrogens (tertiary/aromatic N) is 2. The molecule has 0 amide bonds. The van der Waals surface area contributed by atoms with Crippen molar-refractivity contribution in [1.29, 1.82) is 0 Å². The van der Waals surface area contributed by atoms with E-state index in [-0.39, 0.29) is 16.7 Å². The van der Waals surface area contributed by atoms with Gasteiger partial charge in [0.1, 0.15) is 0 Å². The quantitative estimate of drug-likeness (QED) is 0.600. The van der Waals surface area contributed by atoms with Crippen molar-refractivity contribution >= 4 is 5.69 Å². The molecule has 0 aliphatic rings. The van der Waals surface area contributed by atoms with E-state index in [1.165, 1.54) is 11.6 Å². The lowest BCUT2D eigenvalue weighted by molar-refractivity contribution is -0.385. The molecule has 0 bridgehead atoms. The van der Waals surface area contributed by atoms with Crippen LogP contribution >= 0.6 is 0 Å². The van der Waals surface area contributed by atoms with Crippen LogP contribution in [0.15, 0.2) is 48.5 Å². The summed E-state index contributed by atoms with van der Waals surface area (Å²) in [5.41, 5.74) is 2.15. The second kappa shape index (κ2) is 6.99. The monoisotopic (exact) mass is 283 g/mol. The zero-order valence-corrected chi connectivity index (χ0v) is 12.3. The van der Waals surface area contributed by atoms with E-state index in [4.69, 9.17) is 0 Å². The fourth-order valence-electron chi connectivity index (χ4n) is 2.53. The molecule has 1 radical (unpaired) electrons. The van der Waals surface area contributed by atoms with Gasteiger partial charge in [0.05, 0.1) is 4.92 Å². The molecular formula is C17H19N2O2. The molecule has 4 heteroatoms. The Bertz CT molecular complexity index is 597. The molecule has 21 heavy (non-hydrogen) atoms. The molecule has 0 spiro atoms. The molecule has 2 rings (SSSR count). The van der Waals surface area contributed by atoms with Crippen molar-refractivity contribution in [2.45, 2.75) is 18.9 Å². The van der Waals surface area contributed by atoms with E-state index >= 15 is 0 Å². The van der Waals surface area contributed by atoms with Crippen molar-refractivity contribution < 1.29 is 4.92 Å². The smallest absolute Gasteiger partial charge is 0.273 e. The Balaban J connectivity index is 2.15. The van der Waals surface area contributed by atoms with Gasteiger partial charge in [0.2, 0.25) is 0 Å². The minimum atomic E-state index is -0.334. The Labute approximate surface area is 125 Å². The lowest BCUT2D eigenvalue weighted by atomic mass is 9.97. The van der Waals surface area contributed by atoms with E-state index < -0.39 is 0 Å². The zero-order chi connectivity index (χ0) is 15.2. The zero-order valence-electron chi connectivity index (χ0n) is 12.3. The molecule has 109 valence electrons. The number of benzene rings is 2. The van der Waals surface area contributed by atoms with E-state index in [2.05, 4.69) is 23.1 Å². The van der Waals surface area contributed by atoms with Crippen LogP contribution < -0.4 is 0 Å². The highest BCUT2D eigenvalue weighted by Crippen LogP contribution is 2.26. The summed E-state index contributed by atoms with van der Waals surface area (Å²) >= 11 is 0. The summed E-state index contributed by atoms with van der Waals surface area (Å²) in [6, 6.07) is 18.2. The molecule has 0 aliphatic heterocycles. The summed E-state index contributed by atoms with van der Waals surface area (Å²) in [4.78, 5) is 12.9. The number of rotatable bonds is 6. The van der Waals surface area contributed by atoms with Gasteiger partial charge in [-0.15, -0.1) is 0 Å². The molecule has 0 aliphatic carbocycles. The van der Waals surface area contributed by atoms with E-state index in [1.54, 1.807) is 12.1 Å². The molecule has 0 saturated heterocycles. The van der Waals surface area contributed by atoms with Gasteiger partial charge in [-0.05, 0) is 38.6 Å². The van der Waals surface area contributed by atoms with Crippen LogP contribution in [-0.4, -0.2) is 23.9 Å². The maximum Gasteiger partial charge on any atom is 0.273 e. The standard InChI is InChI=1S/C17H19N2O2/c1-18(2)16(14-8-4-3-5-9-14)13-12-15-10-6-7-11-17(15)19(20)21/h3-6,8-11,16H,12-13H2,1-2H3/t16-/m0/s1. The molecule has 1 atom stereocenters. The lowest BCUT2D eigenvalue weighted by Crippen LogP contribution is -2.20. The Morgan fingerprint density at radius 1 is 1.24 bits per heavy atom. The summed E-state index contributed by atoms with van der Waals surface area (Å²) in [6.45, 7) is 0. The SMILES string of the molecule is CN(C)[C@@H](CCc1cc[c]cc1[N+](=O)[O-])c1ccccc1. The highest BCUT2D eigenvalue weighted by Gasteiger charge is 2.17. The molecule has 0 N–H and O–H groups in total. The van der Waals surface area contributed by atoms with Crippen molar-refractivity contribution in [1.82, 2.24) is 4.90 Å². The molecule has 0 heterocycles. The fourth-order valence-corrected chi connectivity index (χ4v) is 2.53. The van der Waals surface area contributed by atoms with E-state index in [0.717, 1.165) is 12.0 Å². The van der Waals surface area contributed by atoms with Crippen LogP contribution in [0.4, 0.5) is 5.69 Å². The van der Waals surface area contributed by atoms with Gasteiger partial charge >= 0.3 is 0 Å². The van der Waals surface area contributed by atoms with Gasteiger partial charge in [-0.2, -0.15) is 0 Å². The summed E-state index contributed by atoms with van der Waals surface area (Å²) in [5.74, 6) is 0. The number of hydrogen-bond donors (Lipinski definition) is 0. The van der Waals surface area contributed by atoms with Gasteiger partial charge in [-0.25, -0.2) is 0 Å². The van der Waals surface area contributed by atoms with Crippen LogP contribution in [0.5, 0.6) is 0 Å². The van der Waals surface area contributed by atoms with Gasteiger partial charge in [0, 0.05) is 17.7 Å². The van der Waals surface area contributed by atoms with Gasteiger partial charge in [-0.3, -0.25) is 10.1 Å². The minimum Gasteiger partial charge on any atom is -0.302 e. The maximum absolute atomic E-state index is 11.0. The third kappa shape index (κ3) is 3.89. The Kier molecular flexibility index (Phi) is 5.06. The Morgan fingerprint density at radius 2 is 1.95 bits per heavy atom. The van der Waals surface area contributed by atoms with Crippen molar-refractivity contribution in [2.24, 2.45) is 0 Å². The second-order valence-electron chi connectivity index (χ2n) is 5.24. The number of nitro groups is 1. The van der Waals surface area contributed by atoms with Gasteiger partial charge in [0.15, 0.2) is 0 Å². The fraction of sp³-hybridized carbons (Fsp3) is 0.294. The molecule has 0 unspecified atom stereocenters. The van der Waals surface area contributed by atoms with Gasteiger partial charge < -0.3 is 4.90 Å². The Hall–Kier alpha value is -2.20. The second-order valence-corrected chi connectivity index (χ2v) is 5.24. The van der Waals surface area contributed by atoms with Crippen LogP contribution in [0.2, 0.25) is 0 Å². The number of aryl methyl sites for hydroxylation is 1. The first-order chi connectivity index (χ1) is 10.1. The maximum atomic E-state index is 11.0. The number of hydrogen-bond acceptors (Lipinski definition) is 3. The first kappa shape index (κ1) is 15.2. The third-order valence-electron chi connectivity index (χ3n) is 3.62. The van der Waals surface area contributed by atoms with E-state index in [9.17, 15) is 10.1 Å². The summed E-state index contributed by atoms with van der Waals surface area (Å²) in [6.07, 6.45) is 1.50. The van der Waals surface area contributed by atoms with Crippen molar-refractivity contribution in [3.8, 4) is 0 Å². The summed E-state index contributed by atoms with van der Waals surface area (Å²) < 4.78 is 0. The molecule has 2 aromatic rings. The lowest BCUT2D eigenvalue weighted by Gasteiger charge is -2.24. The summed E-state index contributed by atoms with van der Waals surface area (Å²) in [5, 5.41) is 11.0. The molecule has 4 nitrogen and oxygen atoms in total. The molecule has 2 aromatic carbocycles. The van der Waals surface area contributed by atoms with Gasteiger partial charge in [-0.1, -0.05) is 42.5 Å². The van der Waals surface area contributed by atoms with E-state index in [0.29, 0.717) is 6.42 Å². The largest absolute Gasteiger partial charge is 0.302 e. The van der Waals surface area contributed by atoms with Gasteiger partial charge in [0.25, 0.3) is 5.69 Å². The van der Waals surface area contributed by atoms with Crippen molar-refractivity contribution in [2.75, 3.05) is 14.1 Å². The van der Waals surface area contributed by atoms with Crippen LogP contribution in [-0.2, 0) is 6.42 Å². The molecule has 0 aromatic heterocycles. The topological polar surface area (TPSA) is 46.4 Å². The summed E-state index contributed by atoms with van der Waals surface area (Å²) in [7, 11) is 4.07. The van der Waals surface area contributed by atoms with Crippen LogP contribution in [0.1, 0.15) is 23.6 Å². The van der Waals surface area contributed by atoms with Crippen molar-refractivity contribution in [3.05, 3.63) is 75.8 Å². The molecule has 0 saturated carbocycles. The molecule has 0 fully saturated rings. The average molecular weight is 283 g/mol. The van der Waals surface area contributed by atoms with Crippen LogP contribution in [0, 0.1) is 16.2 Å². The van der Waals surface area contributed by atoms with Crippen molar-refractivity contribution in [3.63, 3.8) is 0 Å². The Morgan fingerprint density at radius 3 is 2.57 bits per heavy atom. The molecular weight excluding hydrogens is 264 g/mol. The first-order valence-electron chi connectivity index (χ1n) is 6.94. The highest BCUT2D eigenvalue weighted by atomic mass is 16.6. The first-order valence-corrected chi connectivity index (χ1v) is 6.94. The minimum absolute atomic E-state index is 0.156. The van der Waals surface area contributed by atoms with Crippen LogP contribution in [0.3, 0.4) is 0 Å². The average Bonchev–Trinajstić information content (AvgIpc) is 2.48. The predicted octanol–water partition coefficient (Wildman–Crippen LogP) is 3.63. The third-order valence-corrected chi connectivity index (χ3v) is 3.62. The highest BCUT2D eigenvalue weighted by molar-refractivity contribution is 5.39. The predicted molar refractivity (Wildman–Crippen MR) is 83.1 cm³/mol. The normalized spacial score (nSPS) is 12.3. The van der Waals surface area contributed by atoms with Crippen LogP contribution in [0.25, 0.3) is 0 Å². The number of nitro benzene ring substituents is 1.